The van der Waals surface area contributed by atoms with Crippen LogP contribution in [0, 0.1) is 0 Å². The molecule has 0 saturated heterocycles. The fraction of sp³-hybridized carbons (Fsp3) is 0.433. The summed E-state index contributed by atoms with van der Waals surface area (Å²) in [4.78, 5) is 27.3. The predicted octanol–water partition coefficient (Wildman–Crippen LogP) is 4.82. The van der Waals surface area contributed by atoms with Gasteiger partial charge in [-0.15, -0.1) is 10.2 Å². The summed E-state index contributed by atoms with van der Waals surface area (Å²) < 4.78 is 9.50. The summed E-state index contributed by atoms with van der Waals surface area (Å²) in [6, 6.07) is 16.6. The molecule has 2 bridgehead atoms. The van der Waals surface area contributed by atoms with Gasteiger partial charge in [0.05, 0.1) is 12.6 Å². The molecule has 4 heterocycles. The summed E-state index contributed by atoms with van der Waals surface area (Å²) >= 11 is 0. The minimum atomic E-state index is -0.885. The Morgan fingerprint density at radius 1 is 1.08 bits per heavy atom. The number of aromatic amines is 1. The molecule has 0 amide bonds. The number of carbonyl (C=O) groups is 1. The number of benzene rings is 2. The second-order valence-corrected chi connectivity index (χ2v) is 10.6. The zero-order valence-corrected chi connectivity index (χ0v) is 22.5. The van der Waals surface area contributed by atoms with Gasteiger partial charge in [-0.05, 0) is 67.4 Å². The lowest BCUT2D eigenvalue weighted by Gasteiger charge is -2.47. The number of rotatable bonds is 9. The summed E-state index contributed by atoms with van der Waals surface area (Å²) in [5.74, 6) is 0.287. The Labute approximate surface area is 227 Å². The molecule has 1 saturated carbocycles. The van der Waals surface area contributed by atoms with Crippen LogP contribution in [0.1, 0.15) is 75.2 Å². The molecule has 0 spiro atoms. The standard InChI is InChI=1S/C30H34N6O3/c1-3-5-10-26-25(28(37)36-30(29(38)39-4-2)17-15-22(16-18-30)35(26)36)19-20-11-13-21(14-12-20)23-8-6-7-9-24(23)27-31-33-34-32-27/h6-9,11-14,22H,3-5,10,15-19H2,1-2H3,(H,31,32,33,34). The van der Waals surface area contributed by atoms with E-state index in [1.807, 2.05) is 31.2 Å². The molecule has 4 aromatic rings. The number of tetrazole rings is 1. The number of H-pyrrole nitrogens is 1. The third kappa shape index (κ3) is 4.20. The lowest BCUT2D eigenvalue weighted by Crippen LogP contribution is -2.57. The van der Waals surface area contributed by atoms with Crippen LogP contribution < -0.4 is 5.56 Å². The largest absolute Gasteiger partial charge is 0.464 e. The highest BCUT2D eigenvalue weighted by Crippen LogP contribution is 2.47. The van der Waals surface area contributed by atoms with Crippen molar-refractivity contribution in [3.8, 4) is 22.5 Å². The molecular weight excluding hydrogens is 492 g/mol. The molecule has 39 heavy (non-hydrogen) atoms. The van der Waals surface area contributed by atoms with E-state index in [9.17, 15) is 9.59 Å². The fourth-order valence-electron chi connectivity index (χ4n) is 6.48. The Kier molecular flexibility index (Phi) is 6.66. The normalized spacial score (nSPS) is 19.7. The molecular formula is C30H34N6O3. The van der Waals surface area contributed by atoms with E-state index < -0.39 is 5.54 Å². The maximum Gasteiger partial charge on any atom is 0.334 e. The molecule has 0 unspecified atom stereocenters. The van der Waals surface area contributed by atoms with Crippen LogP contribution in [0.15, 0.2) is 53.3 Å². The Morgan fingerprint density at radius 2 is 1.82 bits per heavy atom. The van der Waals surface area contributed by atoms with Crippen molar-refractivity contribution in [1.29, 1.82) is 0 Å². The highest BCUT2D eigenvalue weighted by molar-refractivity contribution is 5.80. The predicted molar refractivity (Wildman–Crippen MR) is 147 cm³/mol. The minimum absolute atomic E-state index is 0.0370. The van der Waals surface area contributed by atoms with Crippen molar-refractivity contribution in [1.82, 2.24) is 30.0 Å². The summed E-state index contributed by atoms with van der Waals surface area (Å²) in [6.07, 6.45) is 6.55. The van der Waals surface area contributed by atoms with E-state index in [4.69, 9.17) is 4.74 Å². The van der Waals surface area contributed by atoms with E-state index in [-0.39, 0.29) is 17.6 Å². The number of nitrogens with one attached hydrogen (secondary N) is 1. The Morgan fingerprint density at radius 3 is 2.49 bits per heavy atom. The van der Waals surface area contributed by atoms with Crippen LogP contribution in [0.5, 0.6) is 0 Å². The van der Waals surface area contributed by atoms with Crippen LogP contribution >= 0.6 is 0 Å². The van der Waals surface area contributed by atoms with E-state index in [2.05, 4.69) is 56.5 Å². The van der Waals surface area contributed by atoms with Gasteiger partial charge in [0.15, 0.2) is 5.54 Å². The highest BCUT2D eigenvalue weighted by Gasteiger charge is 2.53. The van der Waals surface area contributed by atoms with Crippen LogP contribution in [-0.2, 0) is 27.9 Å². The molecule has 0 radical (unpaired) electrons. The van der Waals surface area contributed by atoms with Crippen molar-refractivity contribution in [2.45, 2.75) is 76.8 Å². The summed E-state index contributed by atoms with van der Waals surface area (Å²) in [5.41, 5.74) is 5.00. The molecule has 7 rings (SSSR count). The molecule has 3 aliphatic rings. The summed E-state index contributed by atoms with van der Waals surface area (Å²) in [7, 11) is 0. The second-order valence-electron chi connectivity index (χ2n) is 10.6. The van der Waals surface area contributed by atoms with Crippen molar-refractivity contribution < 1.29 is 9.53 Å². The Hall–Kier alpha value is -4.01. The molecule has 9 nitrogen and oxygen atoms in total. The van der Waals surface area contributed by atoms with Crippen molar-refractivity contribution in [2.24, 2.45) is 0 Å². The number of hydrogen-bond acceptors (Lipinski definition) is 6. The first kappa shape index (κ1) is 25.3. The van der Waals surface area contributed by atoms with E-state index in [1.54, 1.807) is 4.68 Å². The first-order valence-corrected chi connectivity index (χ1v) is 14.0. The Balaban J connectivity index is 1.38. The molecule has 1 N–H and O–H groups in total. The quantitative estimate of drug-likeness (QED) is 0.314. The van der Waals surface area contributed by atoms with Gasteiger partial charge >= 0.3 is 5.97 Å². The van der Waals surface area contributed by atoms with Crippen molar-refractivity contribution in [2.75, 3.05) is 6.61 Å². The average Bonchev–Trinajstić information content (AvgIpc) is 3.61. The SMILES string of the molecule is CCCCc1c(Cc2ccc(-c3ccccc3-c3nn[nH]n3)cc2)c(=O)n2n1C1CCC2(C(=O)OCC)CC1. The van der Waals surface area contributed by atoms with Crippen LogP contribution in [0.25, 0.3) is 22.5 Å². The van der Waals surface area contributed by atoms with Crippen molar-refractivity contribution >= 4 is 5.97 Å². The lowest BCUT2D eigenvalue weighted by atomic mass is 9.77. The number of nitrogens with zero attached hydrogens (tertiary/aromatic N) is 5. The number of carbonyl (C=O) groups excluding carboxylic acids is 1. The smallest absolute Gasteiger partial charge is 0.334 e. The van der Waals surface area contributed by atoms with Gasteiger partial charge in [0.25, 0.3) is 5.56 Å². The average molecular weight is 527 g/mol. The van der Waals surface area contributed by atoms with Gasteiger partial charge in [-0.25, -0.2) is 9.48 Å². The molecule has 2 aromatic heterocycles. The first-order valence-electron chi connectivity index (χ1n) is 14.0. The number of ether oxygens (including phenoxy) is 1. The molecule has 9 heteroatoms. The third-order valence-electron chi connectivity index (χ3n) is 8.41. The molecule has 202 valence electrons. The van der Waals surface area contributed by atoms with Crippen molar-refractivity contribution in [3.63, 3.8) is 0 Å². The van der Waals surface area contributed by atoms with Gasteiger partial charge in [0.2, 0.25) is 5.82 Å². The van der Waals surface area contributed by atoms with Crippen LogP contribution in [0.4, 0.5) is 0 Å². The van der Waals surface area contributed by atoms with E-state index >= 15 is 0 Å². The van der Waals surface area contributed by atoms with E-state index in [0.29, 0.717) is 31.7 Å². The minimum Gasteiger partial charge on any atom is -0.464 e. The molecule has 2 aromatic carbocycles. The number of fused-ring (bicyclic) bond motifs is 2. The van der Waals surface area contributed by atoms with Gasteiger partial charge in [0, 0.05) is 23.2 Å². The molecule has 1 aliphatic carbocycles. The van der Waals surface area contributed by atoms with Crippen LogP contribution in [0.2, 0.25) is 0 Å². The van der Waals surface area contributed by atoms with E-state index in [1.165, 1.54) is 0 Å². The molecule has 2 aliphatic heterocycles. The second kappa shape index (κ2) is 10.3. The molecule has 1 fully saturated rings. The summed E-state index contributed by atoms with van der Waals surface area (Å²) in [6.45, 7) is 4.31. The van der Waals surface area contributed by atoms with E-state index in [0.717, 1.165) is 65.6 Å². The highest BCUT2D eigenvalue weighted by atomic mass is 16.5. The fourth-order valence-corrected chi connectivity index (χ4v) is 6.48. The van der Waals surface area contributed by atoms with Gasteiger partial charge in [-0.1, -0.05) is 61.9 Å². The Bertz CT molecular complexity index is 1530. The topological polar surface area (TPSA) is 108 Å². The van der Waals surface area contributed by atoms with Gasteiger partial charge < -0.3 is 4.74 Å². The zero-order chi connectivity index (χ0) is 27.0. The maximum atomic E-state index is 14.1. The number of aromatic nitrogens is 6. The van der Waals surface area contributed by atoms with Gasteiger partial charge in [-0.3, -0.25) is 9.48 Å². The number of esters is 1. The van der Waals surface area contributed by atoms with Crippen LogP contribution in [-0.4, -0.2) is 42.6 Å². The zero-order valence-electron chi connectivity index (χ0n) is 22.5. The number of hydrogen-bond donors (Lipinski definition) is 1. The molecule has 0 atom stereocenters. The summed E-state index contributed by atoms with van der Waals surface area (Å²) in [5, 5.41) is 14.5. The lowest BCUT2D eigenvalue weighted by molar-refractivity contribution is -0.161. The monoisotopic (exact) mass is 526 g/mol. The van der Waals surface area contributed by atoms with Crippen LogP contribution in [0.3, 0.4) is 0 Å². The number of unbranched alkanes of at least 4 members (excludes halogenated alkanes) is 1. The van der Waals surface area contributed by atoms with Gasteiger partial charge in [0.1, 0.15) is 0 Å². The maximum absolute atomic E-state index is 14.1. The van der Waals surface area contributed by atoms with Crippen molar-refractivity contribution in [3.05, 3.63) is 75.7 Å². The van der Waals surface area contributed by atoms with Gasteiger partial charge in [-0.2, -0.15) is 5.21 Å². The first-order chi connectivity index (χ1) is 19.1. The third-order valence-corrected chi connectivity index (χ3v) is 8.41.